The van der Waals surface area contributed by atoms with Gasteiger partial charge in [-0.05, 0) is 67.1 Å². The van der Waals surface area contributed by atoms with E-state index < -0.39 is 21.7 Å². The van der Waals surface area contributed by atoms with E-state index in [0.717, 1.165) is 49.3 Å². The molecule has 33 heavy (non-hydrogen) atoms. The van der Waals surface area contributed by atoms with Crippen LogP contribution in [0.1, 0.15) is 40.7 Å². The van der Waals surface area contributed by atoms with Crippen LogP contribution in [0.25, 0.3) is 0 Å². The van der Waals surface area contributed by atoms with Crippen molar-refractivity contribution in [3.63, 3.8) is 0 Å². The van der Waals surface area contributed by atoms with Gasteiger partial charge in [0.25, 0.3) is 0 Å². The lowest BCUT2D eigenvalue weighted by Gasteiger charge is -2.31. The first-order chi connectivity index (χ1) is 15.5. The first-order valence-electron chi connectivity index (χ1n) is 10.6. The molecule has 1 heterocycles. The summed E-state index contributed by atoms with van der Waals surface area (Å²) in [6.07, 6.45) is 3.38. The zero-order valence-corrected chi connectivity index (χ0v) is 18.9. The van der Waals surface area contributed by atoms with Crippen molar-refractivity contribution >= 4 is 68.5 Å². The molecule has 0 atom stereocenters. The normalized spacial score (nSPS) is 19.9. The van der Waals surface area contributed by atoms with Crippen molar-refractivity contribution in [3.05, 3.63) is 53.1 Å². The molecule has 2 aromatic rings. The molecular weight excluding hydrogens is 424 g/mol. The summed E-state index contributed by atoms with van der Waals surface area (Å²) < 4.78 is 3.27. The van der Waals surface area contributed by atoms with E-state index in [1.807, 2.05) is 6.07 Å². The van der Waals surface area contributed by atoms with Gasteiger partial charge in [-0.2, -0.15) is 5.26 Å². The fourth-order valence-corrected chi connectivity index (χ4v) is 5.32. The van der Waals surface area contributed by atoms with Crippen LogP contribution in [0, 0.1) is 11.3 Å². The molecule has 2 aliphatic rings. The van der Waals surface area contributed by atoms with E-state index in [0.29, 0.717) is 16.0 Å². The number of nitriles is 1. The van der Waals surface area contributed by atoms with Crippen molar-refractivity contribution in [2.24, 2.45) is 0 Å². The molecule has 1 aliphatic carbocycles. The number of rotatable bonds is 6. The van der Waals surface area contributed by atoms with Crippen LogP contribution in [-0.2, 0) is 5.31 Å². The van der Waals surface area contributed by atoms with Gasteiger partial charge in [0.15, 0.2) is 0 Å². The average Bonchev–Trinajstić information content (AvgIpc) is 3.13. The van der Waals surface area contributed by atoms with Gasteiger partial charge in [-0.3, -0.25) is 0 Å². The summed E-state index contributed by atoms with van der Waals surface area (Å²) in [5, 5.41) is 14.2. The Morgan fingerprint density at radius 2 is 1.70 bits per heavy atom. The fourth-order valence-electron chi connectivity index (χ4n) is 4.41. The maximum atomic E-state index is 11.6. The van der Waals surface area contributed by atoms with E-state index in [1.54, 1.807) is 18.2 Å². The summed E-state index contributed by atoms with van der Waals surface area (Å²) in [5.74, 6) is -1.09. The number of carbonyl (C=O) groups is 1. The van der Waals surface area contributed by atoms with Gasteiger partial charge in [0.2, 0.25) is 0 Å². The molecule has 0 bridgehead atoms. The smallest absolute Gasteiger partial charge is 0.335 e. The number of anilines is 2. The number of benzene rings is 2. The Labute approximate surface area is 205 Å². The van der Waals surface area contributed by atoms with Crippen LogP contribution in [0.3, 0.4) is 0 Å². The summed E-state index contributed by atoms with van der Waals surface area (Å²) in [6.45, 7) is 1.84. The predicted molar refractivity (Wildman–Crippen MR) is 136 cm³/mol. The molecule has 2 aromatic carbocycles. The standard InChI is InChI=1S/C22H18B5N3O2S/c23-20(21(24,25)22(20,26)27)15-6-5-14(19(31)32)11-18(15)33-29-16-10-13(12-28)4-7-17(16)30-8-2-1-3-9-30/h4-7,10-11,29H,1-3,8-9H2,(H,31,32). The van der Waals surface area contributed by atoms with Gasteiger partial charge >= 0.3 is 5.97 Å². The molecule has 1 saturated carbocycles. The monoisotopic (exact) mass is 443 g/mol. The Bertz CT molecular complexity index is 1130. The molecule has 0 spiro atoms. The topological polar surface area (TPSA) is 76.4 Å². The highest BCUT2D eigenvalue weighted by atomic mass is 32.2. The second-order valence-electron chi connectivity index (χ2n) is 8.66. The maximum Gasteiger partial charge on any atom is 0.335 e. The summed E-state index contributed by atoms with van der Waals surface area (Å²) in [6, 6.07) is 12.0. The van der Waals surface area contributed by atoms with Gasteiger partial charge in [0.05, 0.1) is 67.8 Å². The number of nitrogens with one attached hydrogen (secondary N) is 1. The van der Waals surface area contributed by atoms with Crippen molar-refractivity contribution < 1.29 is 9.90 Å². The van der Waals surface area contributed by atoms with Gasteiger partial charge < -0.3 is 14.7 Å². The lowest BCUT2D eigenvalue weighted by atomic mass is 9.49. The minimum absolute atomic E-state index is 0.0635. The Balaban J connectivity index is 1.71. The summed E-state index contributed by atoms with van der Waals surface area (Å²) in [4.78, 5) is 14.3. The number of hydrogen-bond donors (Lipinski definition) is 2. The molecule has 5 nitrogen and oxygen atoms in total. The Hall–Kier alpha value is -2.33. The van der Waals surface area contributed by atoms with Crippen molar-refractivity contribution in [2.45, 2.75) is 39.9 Å². The molecule has 11 heteroatoms. The fraction of sp³-hybridized carbons (Fsp3) is 0.364. The third kappa shape index (κ3) is 3.77. The summed E-state index contributed by atoms with van der Waals surface area (Å²) in [5.41, 5.74) is 2.70. The van der Waals surface area contributed by atoms with E-state index in [-0.39, 0.29) is 5.56 Å². The second kappa shape index (κ2) is 8.47. The quantitative estimate of drug-likeness (QED) is 0.529. The number of piperidine rings is 1. The highest BCUT2D eigenvalue weighted by Crippen LogP contribution is 2.81. The van der Waals surface area contributed by atoms with Gasteiger partial charge in [0, 0.05) is 18.0 Å². The van der Waals surface area contributed by atoms with E-state index in [9.17, 15) is 15.2 Å². The van der Waals surface area contributed by atoms with Crippen LogP contribution in [0.4, 0.5) is 11.4 Å². The first-order valence-corrected chi connectivity index (χ1v) is 11.4. The average molecular weight is 443 g/mol. The van der Waals surface area contributed by atoms with Crippen LogP contribution in [-0.4, -0.2) is 63.4 Å². The molecule has 154 valence electrons. The number of hydrogen-bond acceptors (Lipinski definition) is 5. The van der Waals surface area contributed by atoms with Crippen molar-refractivity contribution in [1.82, 2.24) is 0 Å². The van der Waals surface area contributed by atoms with E-state index >= 15 is 0 Å². The molecule has 2 N–H and O–H groups in total. The SMILES string of the molecule is [B]C1([B])C([B])([B])C1([B])c1ccc(C(=O)O)cc1SNc1cc(C#N)ccc1N1CCCCC1. The van der Waals surface area contributed by atoms with Crippen molar-refractivity contribution in [2.75, 3.05) is 22.7 Å². The third-order valence-corrected chi connectivity index (χ3v) is 7.55. The van der Waals surface area contributed by atoms with Crippen molar-refractivity contribution in [3.8, 4) is 6.07 Å². The molecule has 0 aromatic heterocycles. The molecular formula is C22H18B5N3O2S. The van der Waals surface area contributed by atoms with Crippen LogP contribution in [0.5, 0.6) is 0 Å². The first kappa shape index (κ1) is 23.8. The van der Waals surface area contributed by atoms with Crippen LogP contribution in [0.2, 0.25) is 10.4 Å². The highest BCUT2D eigenvalue weighted by molar-refractivity contribution is 8.00. The third-order valence-electron chi connectivity index (χ3n) is 6.67. The van der Waals surface area contributed by atoms with Crippen LogP contribution in [0.15, 0.2) is 41.3 Å². The molecule has 1 aliphatic heterocycles. The minimum atomic E-state index is -1.58. The Kier molecular flexibility index (Phi) is 6.11. The predicted octanol–water partition coefficient (Wildman–Crippen LogP) is 2.65. The number of carboxylic acids is 1. The van der Waals surface area contributed by atoms with E-state index in [4.69, 9.17) is 39.2 Å². The lowest BCUT2D eigenvalue weighted by Crippen LogP contribution is -2.29. The molecule has 10 radical (unpaired) electrons. The van der Waals surface area contributed by atoms with Gasteiger partial charge in [-0.15, -0.1) is 10.4 Å². The summed E-state index contributed by atoms with van der Waals surface area (Å²) in [7, 11) is 30.9. The van der Waals surface area contributed by atoms with Crippen LogP contribution >= 0.6 is 11.9 Å². The maximum absolute atomic E-state index is 11.6. The second-order valence-corrected chi connectivity index (χ2v) is 9.51. The lowest BCUT2D eigenvalue weighted by molar-refractivity contribution is 0.0696. The van der Waals surface area contributed by atoms with Gasteiger partial charge in [-0.25, -0.2) is 4.79 Å². The van der Waals surface area contributed by atoms with E-state index in [2.05, 4.69) is 15.7 Å². The van der Waals surface area contributed by atoms with Crippen molar-refractivity contribution in [1.29, 1.82) is 5.26 Å². The summed E-state index contributed by atoms with van der Waals surface area (Å²) >= 11 is 1.15. The van der Waals surface area contributed by atoms with E-state index in [1.165, 1.54) is 18.6 Å². The van der Waals surface area contributed by atoms with Gasteiger partial charge in [0.1, 0.15) is 0 Å². The van der Waals surface area contributed by atoms with Crippen LogP contribution < -0.4 is 9.62 Å². The number of aromatic carboxylic acids is 1. The molecule has 0 amide bonds. The molecule has 1 saturated heterocycles. The molecule has 2 fully saturated rings. The number of nitrogens with zero attached hydrogens (tertiary/aromatic N) is 2. The molecule has 0 unspecified atom stereocenters. The Morgan fingerprint density at radius 3 is 2.27 bits per heavy atom. The highest BCUT2D eigenvalue weighted by Gasteiger charge is 2.71. The minimum Gasteiger partial charge on any atom is -0.478 e. The Morgan fingerprint density at radius 1 is 1.03 bits per heavy atom. The zero-order valence-electron chi connectivity index (χ0n) is 18.0. The number of carboxylic acid groups (broad SMARTS) is 1. The van der Waals surface area contributed by atoms with Gasteiger partial charge in [-0.1, -0.05) is 11.4 Å². The zero-order chi connectivity index (χ0) is 24.0. The molecule has 4 rings (SSSR count). The largest absolute Gasteiger partial charge is 0.478 e.